The number of carbonyl (C=O) groups is 2. The van der Waals surface area contributed by atoms with Crippen molar-refractivity contribution in [1.82, 2.24) is 9.80 Å². The number of unbranched alkanes of at least 4 members (excludes halogenated alkanes) is 2. The highest BCUT2D eigenvalue weighted by Gasteiger charge is 2.31. The third-order valence-electron chi connectivity index (χ3n) is 5.36. The van der Waals surface area contributed by atoms with Gasteiger partial charge in [-0.2, -0.15) is 0 Å². The monoisotopic (exact) mass is 373 g/mol. The van der Waals surface area contributed by atoms with Gasteiger partial charge in [-0.25, -0.2) is 4.79 Å². The molecule has 2 fully saturated rings. The Hall–Kier alpha value is -2.08. The zero-order chi connectivity index (χ0) is 19.1. The summed E-state index contributed by atoms with van der Waals surface area (Å²) in [6, 6.07) is 8.01. The standard InChI is InChI=1S/C21H31N3O3/c1-2-3-4-6-17-8-10-18(11-9-17)22-21(26)24-14-12-23(13-15-24)20(25)19-7-5-16-27-19/h8-11,19H,2-7,12-16H2,1H3,(H,22,26). The average molecular weight is 373 g/mol. The number of aryl methyl sites for hydroxylation is 1. The van der Waals surface area contributed by atoms with E-state index in [2.05, 4.69) is 24.4 Å². The first-order chi connectivity index (χ1) is 13.2. The number of ether oxygens (including phenoxy) is 1. The Morgan fingerprint density at radius 2 is 1.78 bits per heavy atom. The van der Waals surface area contributed by atoms with Crippen molar-refractivity contribution in [1.29, 1.82) is 0 Å². The molecule has 2 aliphatic rings. The lowest BCUT2D eigenvalue weighted by atomic mass is 10.1. The molecule has 6 nitrogen and oxygen atoms in total. The lowest BCUT2D eigenvalue weighted by molar-refractivity contribution is -0.142. The number of anilines is 1. The van der Waals surface area contributed by atoms with Gasteiger partial charge in [0.15, 0.2) is 0 Å². The van der Waals surface area contributed by atoms with Gasteiger partial charge in [0, 0.05) is 38.5 Å². The lowest BCUT2D eigenvalue weighted by Crippen LogP contribution is -2.53. The van der Waals surface area contributed by atoms with Crippen molar-refractivity contribution < 1.29 is 14.3 Å². The van der Waals surface area contributed by atoms with Crippen molar-refractivity contribution in [3.05, 3.63) is 29.8 Å². The van der Waals surface area contributed by atoms with Crippen LogP contribution < -0.4 is 5.32 Å². The van der Waals surface area contributed by atoms with E-state index < -0.39 is 0 Å². The van der Waals surface area contributed by atoms with Gasteiger partial charge in [-0.3, -0.25) is 4.79 Å². The number of carbonyl (C=O) groups excluding carboxylic acids is 2. The Kier molecular flexibility index (Phi) is 7.10. The molecule has 0 bridgehead atoms. The van der Waals surface area contributed by atoms with E-state index in [1.54, 1.807) is 4.90 Å². The van der Waals surface area contributed by atoms with Crippen LogP contribution in [0.5, 0.6) is 0 Å². The van der Waals surface area contributed by atoms with E-state index in [0.29, 0.717) is 32.8 Å². The molecule has 0 saturated carbocycles. The minimum Gasteiger partial charge on any atom is -0.368 e. The highest BCUT2D eigenvalue weighted by molar-refractivity contribution is 5.89. The summed E-state index contributed by atoms with van der Waals surface area (Å²) in [6.45, 7) is 5.14. The molecular weight excluding hydrogens is 342 g/mol. The average Bonchev–Trinajstić information content (AvgIpc) is 3.24. The Bertz CT molecular complexity index is 618. The van der Waals surface area contributed by atoms with Crippen LogP contribution in [0.2, 0.25) is 0 Å². The van der Waals surface area contributed by atoms with Crippen molar-refractivity contribution in [3.63, 3.8) is 0 Å². The van der Waals surface area contributed by atoms with E-state index in [-0.39, 0.29) is 18.0 Å². The molecule has 2 saturated heterocycles. The Balaban J connectivity index is 1.43. The van der Waals surface area contributed by atoms with Gasteiger partial charge in [-0.15, -0.1) is 0 Å². The van der Waals surface area contributed by atoms with Gasteiger partial charge in [0.05, 0.1) is 0 Å². The van der Waals surface area contributed by atoms with Crippen molar-refractivity contribution in [3.8, 4) is 0 Å². The maximum Gasteiger partial charge on any atom is 0.321 e. The van der Waals surface area contributed by atoms with Crippen LogP contribution in [0.25, 0.3) is 0 Å². The molecule has 1 aromatic rings. The van der Waals surface area contributed by atoms with Gasteiger partial charge in [0.2, 0.25) is 0 Å². The molecule has 6 heteroatoms. The summed E-state index contributed by atoms with van der Waals surface area (Å²) in [5, 5.41) is 2.96. The fourth-order valence-electron chi connectivity index (χ4n) is 3.64. The number of nitrogens with one attached hydrogen (secondary N) is 1. The largest absolute Gasteiger partial charge is 0.368 e. The van der Waals surface area contributed by atoms with Crippen molar-refractivity contribution in [2.75, 3.05) is 38.1 Å². The summed E-state index contributed by atoms with van der Waals surface area (Å²) in [5.41, 5.74) is 2.12. The van der Waals surface area contributed by atoms with Gasteiger partial charge in [-0.05, 0) is 43.4 Å². The van der Waals surface area contributed by atoms with Crippen LogP contribution in [-0.2, 0) is 16.0 Å². The van der Waals surface area contributed by atoms with E-state index in [4.69, 9.17) is 4.74 Å². The van der Waals surface area contributed by atoms with Gasteiger partial charge in [0.1, 0.15) is 6.10 Å². The summed E-state index contributed by atoms with van der Waals surface area (Å²) in [5.74, 6) is 0.0752. The summed E-state index contributed by atoms with van der Waals surface area (Å²) in [6.07, 6.45) is 6.26. The maximum absolute atomic E-state index is 12.5. The molecule has 0 radical (unpaired) electrons. The van der Waals surface area contributed by atoms with Crippen molar-refractivity contribution in [2.24, 2.45) is 0 Å². The third-order valence-corrected chi connectivity index (χ3v) is 5.36. The van der Waals surface area contributed by atoms with E-state index in [1.165, 1.54) is 24.8 Å². The molecule has 0 aliphatic carbocycles. The SMILES string of the molecule is CCCCCc1ccc(NC(=O)N2CCN(C(=O)C3CCCO3)CC2)cc1. The van der Waals surface area contributed by atoms with Crippen molar-refractivity contribution in [2.45, 2.75) is 51.6 Å². The summed E-state index contributed by atoms with van der Waals surface area (Å²) >= 11 is 0. The molecule has 3 rings (SSSR count). The quantitative estimate of drug-likeness (QED) is 0.779. The van der Waals surface area contributed by atoms with E-state index in [9.17, 15) is 9.59 Å². The number of piperazine rings is 1. The number of urea groups is 1. The topological polar surface area (TPSA) is 61.9 Å². The number of benzene rings is 1. The Morgan fingerprint density at radius 1 is 1.07 bits per heavy atom. The first kappa shape index (κ1) is 19.7. The molecule has 2 aliphatic heterocycles. The lowest BCUT2D eigenvalue weighted by Gasteiger charge is -2.35. The Labute approximate surface area is 161 Å². The predicted octanol–water partition coefficient (Wildman–Crippen LogP) is 3.27. The summed E-state index contributed by atoms with van der Waals surface area (Å²) in [4.78, 5) is 28.5. The maximum atomic E-state index is 12.5. The number of hydrogen-bond acceptors (Lipinski definition) is 3. The van der Waals surface area contributed by atoms with Crippen LogP contribution in [0.3, 0.4) is 0 Å². The smallest absolute Gasteiger partial charge is 0.321 e. The van der Waals surface area contributed by atoms with Gasteiger partial charge in [0.25, 0.3) is 5.91 Å². The molecule has 1 N–H and O–H groups in total. The first-order valence-electron chi connectivity index (χ1n) is 10.2. The van der Waals surface area contributed by atoms with Gasteiger partial charge >= 0.3 is 6.03 Å². The molecule has 1 aromatic carbocycles. The normalized spacial score (nSPS) is 20.0. The van der Waals surface area contributed by atoms with Crippen LogP contribution in [0.1, 0.15) is 44.6 Å². The highest BCUT2D eigenvalue weighted by atomic mass is 16.5. The zero-order valence-electron chi connectivity index (χ0n) is 16.3. The molecule has 148 valence electrons. The van der Waals surface area contributed by atoms with Gasteiger partial charge < -0.3 is 19.9 Å². The second-order valence-electron chi connectivity index (χ2n) is 7.40. The first-order valence-corrected chi connectivity index (χ1v) is 10.2. The molecule has 27 heavy (non-hydrogen) atoms. The minimum absolute atomic E-state index is 0.0752. The molecular formula is C21H31N3O3. The fraction of sp³-hybridized carbons (Fsp3) is 0.619. The predicted molar refractivity (Wildman–Crippen MR) is 106 cm³/mol. The number of hydrogen-bond donors (Lipinski definition) is 1. The van der Waals surface area contributed by atoms with Crippen LogP contribution in [0.4, 0.5) is 10.5 Å². The minimum atomic E-state index is -0.277. The van der Waals surface area contributed by atoms with Crippen molar-refractivity contribution >= 4 is 17.6 Å². The number of amides is 3. The van der Waals surface area contributed by atoms with E-state index in [1.807, 2.05) is 17.0 Å². The number of rotatable bonds is 6. The van der Waals surface area contributed by atoms with Crippen LogP contribution >= 0.6 is 0 Å². The van der Waals surface area contributed by atoms with Crippen LogP contribution in [0, 0.1) is 0 Å². The highest BCUT2D eigenvalue weighted by Crippen LogP contribution is 2.17. The van der Waals surface area contributed by atoms with Gasteiger partial charge in [-0.1, -0.05) is 31.9 Å². The third kappa shape index (κ3) is 5.45. The number of nitrogens with zero attached hydrogens (tertiary/aromatic N) is 2. The Morgan fingerprint density at radius 3 is 2.41 bits per heavy atom. The van der Waals surface area contributed by atoms with E-state index in [0.717, 1.165) is 24.9 Å². The molecule has 1 unspecified atom stereocenters. The van der Waals surface area contributed by atoms with Crippen LogP contribution in [-0.4, -0.2) is 60.6 Å². The summed E-state index contributed by atoms with van der Waals surface area (Å²) < 4.78 is 5.48. The fourth-order valence-corrected chi connectivity index (χ4v) is 3.64. The zero-order valence-corrected chi connectivity index (χ0v) is 16.3. The second kappa shape index (κ2) is 9.74. The second-order valence-corrected chi connectivity index (χ2v) is 7.40. The molecule has 0 spiro atoms. The molecule has 3 amide bonds. The van der Waals surface area contributed by atoms with E-state index >= 15 is 0 Å². The summed E-state index contributed by atoms with van der Waals surface area (Å²) in [7, 11) is 0. The molecule has 0 aromatic heterocycles. The van der Waals surface area contributed by atoms with Crippen LogP contribution in [0.15, 0.2) is 24.3 Å². The molecule has 1 atom stereocenters. The molecule has 2 heterocycles.